The van der Waals surface area contributed by atoms with Gasteiger partial charge in [0.2, 0.25) is 15.9 Å². The Balaban J connectivity index is 1.56. The predicted molar refractivity (Wildman–Crippen MR) is 131 cm³/mol. The smallest absolute Gasteiger partial charge is 0.336 e. The van der Waals surface area contributed by atoms with Crippen molar-refractivity contribution in [1.29, 1.82) is 0 Å². The molecular formula is C23H21ClN4O6S. The van der Waals surface area contributed by atoms with E-state index in [4.69, 9.17) is 16.7 Å². The van der Waals surface area contributed by atoms with Crippen LogP contribution in [0.15, 0.2) is 71.6 Å². The van der Waals surface area contributed by atoms with Gasteiger partial charge in [-0.2, -0.15) is 0 Å². The summed E-state index contributed by atoms with van der Waals surface area (Å²) in [4.78, 5) is 35.9. The Hall–Kier alpha value is -3.93. The minimum atomic E-state index is -3.83. The number of sulfonamides is 1. The number of primary sulfonamides is 1. The van der Waals surface area contributed by atoms with Gasteiger partial charge in [-0.15, -0.1) is 0 Å². The van der Waals surface area contributed by atoms with E-state index in [1.54, 1.807) is 24.3 Å². The molecule has 0 aliphatic carbocycles. The van der Waals surface area contributed by atoms with Crippen molar-refractivity contribution in [1.82, 2.24) is 5.32 Å². The molecule has 10 nitrogen and oxygen atoms in total. The van der Waals surface area contributed by atoms with Crippen molar-refractivity contribution < 1.29 is 27.9 Å². The van der Waals surface area contributed by atoms with E-state index >= 15 is 0 Å². The number of urea groups is 1. The number of anilines is 2. The highest BCUT2D eigenvalue weighted by molar-refractivity contribution is 7.89. The van der Waals surface area contributed by atoms with Crippen LogP contribution in [-0.4, -0.2) is 31.4 Å². The van der Waals surface area contributed by atoms with Gasteiger partial charge in [0, 0.05) is 22.9 Å². The first-order valence-electron chi connectivity index (χ1n) is 10.1. The zero-order valence-corrected chi connectivity index (χ0v) is 19.7. The number of carboxylic acid groups (broad SMARTS) is 1. The number of hydrogen-bond donors (Lipinski definition) is 5. The maximum absolute atomic E-state index is 12.3. The number of aromatic carboxylic acids is 1. The molecule has 0 aromatic heterocycles. The van der Waals surface area contributed by atoms with Crippen molar-refractivity contribution in [2.45, 2.75) is 17.9 Å². The van der Waals surface area contributed by atoms with Crippen LogP contribution in [0.1, 0.15) is 21.5 Å². The maximum Gasteiger partial charge on any atom is 0.336 e. The third-order valence-electron chi connectivity index (χ3n) is 4.77. The van der Waals surface area contributed by atoms with Gasteiger partial charge in [-0.1, -0.05) is 29.8 Å². The molecule has 0 saturated heterocycles. The standard InChI is InChI=1S/C23H21ClN4O6S/c24-16-5-4-15(20(12-16)22(30)31)11-21(29)26-13-14-2-1-3-18(10-14)28-23(32)27-17-6-8-19(9-7-17)35(25,33)34/h1-10,12H,11,13H2,(H,26,29)(H,30,31)(H2,25,33,34)(H2,27,28,32). The Kier molecular flexibility index (Phi) is 8.07. The highest BCUT2D eigenvalue weighted by Crippen LogP contribution is 2.18. The van der Waals surface area contributed by atoms with E-state index in [1.165, 1.54) is 42.5 Å². The molecule has 0 radical (unpaired) electrons. The molecule has 0 aliphatic rings. The average Bonchev–Trinajstić information content (AvgIpc) is 2.78. The number of nitrogens with one attached hydrogen (secondary N) is 3. The number of nitrogens with two attached hydrogens (primary N) is 1. The third kappa shape index (κ3) is 7.54. The molecule has 0 fully saturated rings. The molecule has 0 atom stereocenters. The lowest BCUT2D eigenvalue weighted by molar-refractivity contribution is -0.120. The Labute approximate surface area is 206 Å². The number of halogens is 1. The molecule has 0 heterocycles. The summed E-state index contributed by atoms with van der Waals surface area (Å²) < 4.78 is 22.6. The van der Waals surface area contributed by atoms with Crippen molar-refractivity contribution in [2.75, 3.05) is 10.6 Å². The monoisotopic (exact) mass is 516 g/mol. The largest absolute Gasteiger partial charge is 0.478 e. The molecular weight excluding hydrogens is 496 g/mol. The molecule has 3 amide bonds. The van der Waals surface area contributed by atoms with Gasteiger partial charge in [-0.05, 0) is 59.7 Å². The fourth-order valence-electron chi connectivity index (χ4n) is 3.12. The van der Waals surface area contributed by atoms with E-state index in [1.807, 2.05) is 0 Å². The predicted octanol–water partition coefficient (Wildman–Crippen LogP) is 3.19. The van der Waals surface area contributed by atoms with E-state index in [0.717, 1.165) is 0 Å². The topological polar surface area (TPSA) is 168 Å². The van der Waals surface area contributed by atoms with Gasteiger partial charge in [0.05, 0.1) is 16.9 Å². The molecule has 6 N–H and O–H groups in total. The van der Waals surface area contributed by atoms with Crippen molar-refractivity contribution in [3.8, 4) is 0 Å². The van der Waals surface area contributed by atoms with Crippen LogP contribution in [0.2, 0.25) is 5.02 Å². The van der Waals surface area contributed by atoms with Gasteiger partial charge in [0.25, 0.3) is 0 Å². The van der Waals surface area contributed by atoms with Gasteiger partial charge >= 0.3 is 12.0 Å². The molecule has 35 heavy (non-hydrogen) atoms. The summed E-state index contributed by atoms with van der Waals surface area (Å²) in [5.74, 6) is -1.55. The first-order chi connectivity index (χ1) is 16.5. The SMILES string of the molecule is NS(=O)(=O)c1ccc(NC(=O)Nc2cccc(CNC(=O)Cc3ccc(Cl)cc3C(=O)O)c2)cc1. The van der Waals surface area contributed by atoms with Crippen LogP contribution in [0, 0.1) is 0 Å². The molecule has 182 valence electrons. The van der Waals surface area contributed by atoms with Crippen molar-refractivity contribution in [3.63, 3.8) is 0 Å². The highest BCUT2D eigenvalue weighted by atomic mass is 35.5. The lowest BCUT2D eigenvalue weighted by Gasteiger charge is -2.11. The minimum Gasteiger partial charge on any atom is -0.478 e. The minimum absolute atomic E-state index is 0.0378. The van der Waals surface area contributed by atoms with Crippen molar-refractivity contribution >= 4 is 50.9 Å². The van der Waals surface area contributed by atoms with E-state index in [9.17, 15) is 27.9 Å². The van der Waals surface area contributed by atoms with Gasteiger partial charge in [0.1, 0.15) is 0 Å². The maximum atomic E-state index is 12.3. The van der Waals surface area contributed by atoms with E-state index in [0.29, 0.717) is 22.5 Å². The molecule has 0 saturated carbocycles. The molecule has 0 bridgehead atoms. The lowest BCUT2D eigenvalue weighted by atomic mass is 10.0. The Bertz CT molecular complexity index is 1380. The summed E-state index contributed by atoms with van der Waals surface area (Å²) in [6.45, 7) is 0.154. The normalized spacial score (nSPS) is 10.9. The second kappa shape index (κ2) is 11.0. The molecule has 12 heteroatoms. The van der Waals surface area contributed by atoms with Gasteiger partial charge in [-0.3, -0.25) is 4.79 Å². The zero-order valence-electron chi connectivity index (χ0n) is 18.1. The molecule has 3 aromatic carbocycles. The number of benzene rings is 3. The van der Waals surface area contributed by atoms with Gasteiger partial charge in [0.15, 0.2) is 0 Å². The highest BCUT2D eigenvalue weighted by Gasteiger charge is 2.14. The molecule has 3 rings (SSSR count). The average molecular weight is 517 g/mol. The Morgan fingerprint density at radius 3 is 2.26 bits per heavy atom. The first-order valence-corrected chi connectivity index (χ1v) is 12.0. The summed E-state index contributed by atoms with van der Waals surface area (Å²) in [6.07, 6.45) is -0.136. The summed E-state index contributed by atoms with van der Waals surface area (Å²) in [5, 5.41) is 22.5. The second-order valence-electron chi connectivity index (χ2n) is 7.41. The van der Waals surface area contributed by atoms with Crippen LogP contribution < -0.4 is 21.1 Å². The van der Waals surface area contributed by atoms with E-state index in [-0.39, 0.29) is 34.4 Å². The zero-order chi connectivity index (χ0) is 25.6. The van der Waals surface area contributed by atoms with Crippen LogP contribution in [0.25, 0.3) is 0 Å². The van der Waals surface area contributed by atoms with Crippen molar-refractivity contribution in [2.24, 2.45) is 5.14 Å². The first kappa shape index (κ1) is 25.7. The van der Waals surface area contributed by atoms with Gasteiger partial charge in [-0.25, -0.2) is 23.1 Å². The molecule has 3 aromatic rings. The van der Waals surface area contributed by atoms with E-state index < -0.39 is 22.0 Å². The summed E-state index contributed by atoms with van der Waals surface area (Å²) >= 11 is 5.83. The van der Waals surface area contributed by atoms with Crippen LogP contribution in [0.5, 0.6) is 0 Å². The number of amides is 3. The van der Waals surface area contributed by atoms with Crippen LogP contribution >= 0.6 is 11.6 Å². The van der Waals surface area contributed by atoms with Crippen LogP contribution in [-0.2, 0) is 27.8 Å². The fourth-order valence-corrected chi connectivity index (χ4v) is 3.81. The number of carbonyl (C=O) groups excluding carboxylic acids is 2. The van der Waals surface area contributed by atoms with E-state index in [2.05, 4.69) is 16.0 Å². The lowest BCUT2D eigenvalue weighted by Crippen LogP contribution is -2.25. The number of carbonyl (C=O) groups is 3. The molecule has 0 unspecified atom stereocenters. The number of rotatable bonds is 8. The summed E-state index contributed by atoms with van der Waals surface area (Å²) in [6, 6.07) is 15.9. The number of hydrogen-bond acceptors (Lipinski definition) is 5. The molecule has 0 spiro atoms. The molecule has 0 aliphatic heterocycles. The Morgan fingerprint density at radius 1 is 0.914 bits per heavy atom. The van der Waals surface area contributed by atoms with Crippen LogP contribution in [0.3, 0.4) is 0 Å². The third-order valence-corrected chi connectivity index (χ3v) is 5.93. The van der Waals surface area contributed by atoms with Crippen molar-refractivity contribution in [3.05, 3.63) is 88.4 Å². The second-order valence-corrected chi connectivity index (χ2v) is 9.41. The summed E-state index contributed by atoms with van der Waals surface area (Å²) in [7, 11) is -3.83. The fraction of sp³-hybridized carbons (Fsp3) is 0.0870. The van der Waals surface area contributed by atoms with Crippen LogP contribution in [0.4, 0.5) is 16.2 Å². The number of carboxylic acids is 1. The van der Waals surface area contributed by atoms with Gasteiger partial charge < -0.3 is 21.1 Å². The Morgan fingerprint density at radius 2 is 1.60 bits per heavy atom. The quantitative estimate of drug-likeness (QED) is 0.308. The summed E-state index contributed by atoms with van der Waals surface area (Å²) in [5.41, 5.74) is 1.82.